The van der Waals surface area contributed by atoms with Crippen LogP contribution in [0.15, 0.2) is 6.07 Å². The quantitative estimate of drug-likeness (QED) is 0.821. The van der Waals surface area contributed by atoms with Gasteiger partial charge >= 0.3 is 0 Å². The van der Waals surface area contributed by atoms with Gasteiger partial charge in [0.15, 0.2) is 0 Å². The minimum absolute atomic E-state index is 0.286. The molecule has 1 heterocycles. The van der Waals surface area contributed by atoms with Gasteiger partial charge in [0, 0.05) is 25.1 Å². The maximum Gasteiger partial charge on any atom is 0.141 e. The SMILES string of the molecule is CCc1cc(CC(=O)C2CCCC(C)C2)n(C)n1. The van der Waals surface area contributed by atoms with Gasteiger partial charge in [-0.1, -0.05) is 26.7 Å². The van der Waals surface area contributed by atoms with E-state index in [2.05, 4.69) is 25.0 Å². The monoisotopic (exact) mass is 248 g/mol. The normalized spacial score (nSPS) is 24.2. The van der Waals surface area contributed by atoms with Crippen molar-refractivity contribution in [3.05, 3.63) is 17.5 Å². The lowest BCUT2D eigenvalue weighted by Crippen LogP contribution is -2.23. The van der Waals surface area contributed by atoms with Gasteiger partial charge in [-0.15, -0.1) is 0 Å². The first-order valence-electron chi connectivity index (χ1n) is 7.14. The zero-order chi connectivity index (χ0) is 13.1. The van der Waals surface area contributed by atoms with E-state index in [1.165, 1.54) is 12.8 Å². The van der Waals surface area contributed by atoms with E-state index in [1.807, 2.05) is 11.7 Å². The van der Waals surface area contributed by atoms with Crippen molar-refractivity contribution in [3.8, 4) is 0 Å². The molecular weight excluding hydrogens is 224 g/mol. The summed E-state index contributed by atoms with van der Waals surface area (Å²) in [5.41, 5.74) is 2.15. The maximum absolute atomic E-state index is 12.3. The van der Waals surface area contributed by atoms with E-state index >= 15 is 0 Å². The molecule has 0 aromatic carbocycles. The third kappa shape index (κ3) is 3.01. The third-order valence-electron chi connectivity index (χ3n) is 4.14. The number of carbonyl (C=O) groups is 1. The lowest BCUT2D eigenvalue weighted by atomic mass is 9.79. The minimum Gasteiger partial charge on any atom is -0.299 e. The lowest BCUT2D eigenvalue weighted by Gasteiger charge is -2.25. The highest BCUT2D eigenvalue weighted by Crippen LogP contribution is 2.29. The van der Waals surface area contributed by atoms with Crippen LogP contribution in [-0.2, 0) is 24.7 Å². The molecule has 1 aromatic heterocycles. The fourth-order valence-electron chi connectivity index (χ4n) is 2.96. The Morgan fingerprint density at radius 3 is 2.89 bits per heavy atom. The molecule has 0 N–H and O–H groups in total. The fourth-order valence-corrected chi connectivity index (χ4v) is 2.96. The second-order valence-electron chi connectivity index (χ2n) is 5.72. The number of aromatic nitrogens is 2. The van der Waals surface area contributed by atoms with Gasteiger partial charge < -0.3 is 0 Å². The molecule has 0 bridgehead atoms. The second kappa shape index (κ2) is 5.68. The van der Waals surface area contributed by atoms with Crippen molar-refractivity contribution in [2.24, 2.45) is 18.9 Å². The number of hydrogen-bond donors (Lipinski definition) is 0. The Hall–Kier alpha value is -1.12. The van der Waals surface area contributed by atoms with Crippen molar-refractivity contribution >= 4 is 5.78 Å². The molecule has 1 saturated carbocycles. The summed E-state index contributed by atoms with van der Waals surface area (Å²) in [5, 5.41) is 4.41. The molecule has 0 radical (unpaired) electrons. The first-order valence-corrected chi connectivity index (χ1v) is 7.14. The third-order valence-corrected chi connectivity index (χ3v) is 4.14. The van der Waals surface area contributed by atoms with Crippen LogP contribution in [0.4, 0.5) is 0 Å². The summed E-state index contributed by atoms with van der Waals surface area (Å²) in [6, 6.07) is 2.07. The minimum atomic E-state index is 0.286. The summed E-state index contributed by atoms with van der Waals surface area (Å²) >= 11 is 0. The van der Waals surface area contributed by atoms with Crippen LogP contribution in [0.25, 0.3) is 0 Å². The Balaban J connectivity index is 1.99. The zero-order valence-electron chi connectivity index (χ0n) is 11.8. The average Bonchev–Trinajstić information content (AvgIpc) is 2.70. The van der Waals surface area contributed by atoms with E-state index in [9.17, 15) is 4.79 Å². The molecule has 0 aliphatic heterocycles. The largest absolute Gasteiger partial charge is 0.299 e. The number of carbonyl (C=O) groups excluding carboxylic acids is 1. The Morgan fingerprint density at radius 2 is 2.28 bits per heavy atom. The van der Waals surface area contributed by atoms with Gasteiger partial charge in [0.1, 0.15) is 5.78 Å². The summed E-state index contributed by atoms with van der Waals surface area (Å²) < 4.78 is 1.86. The first kappa shape index (κ1) is 13.3. The smallest absolute Gasteiger partial charge is 0.141 e. The summed E-state index contributed by atoms with van der Waals surface area (Å²) in [4.78, 5) is 12.3. The van der Waals surface area contributed by atoms with Gasteiger partial charge in [-0.25, -0.2) is 0 Å². The molecule has 2 unspecified atom stereocenters. The standard InChI is InChI=1S/C15H24N2O/c1-4-13-9-14(17(3)16-13)10-15(18)12-7-5-6-11(2)8-12/h9,11-12H,4-8,10H2,1-3H3. The Morgan fingerprint density at radius 1 is 1.50 bits per heavy atom. The first-order chi connectivity index (χ1) is 8.60. The molecule has 0 spiro atoms. The summed E-state index contributed by atoms with van der Waals surface area (Å²) in [6.07, 6.45) is 6.15. The molecule has 3 heteroatoms. The highest BCUT2D eigenvalue weighted by molar-refractivity contribution is 5.83. The predicted molar refractivity (Wildman–Crippen MR) is 72.4 cm³/mol. The van der Waals surface area contributed by atoms with Crippen LogP contribution in [0.5, 0.6) is 0 Å². The van der Waals surface area contributed by atoms with Gasteiger partial charge in [0.25, 0.3) is 0 Å². The highest BCUT2D eigenvalue weighted by atomic mass is 16.1. The zero-order valence-corrected chi connectivity index (χ0v) is 11.8. The lowest BCUT2D eigenvalue weighted by molar-refractivity contribution is -0.123. The molecule has 18 heavy (non-hydrogen) atoms. The van der Waals surface area contributed by atoms with Gasteiger partial charge in [-0.3, -0.25) is 9.48 Å². The van der Waals surface area contributed by atoms with Crippen LogP contribution in [0, 0.1) is 11.8 Å². The van der Waals surface area contributed by atoms with E-state index < -0.39 is 0 Å². The van der Waals surface area contributed by atoms with Crippen molar-refractivity contribution in [1.82, 2.24) is 9.78 Å². The van der Waals surface area contributed by atoms with Crippen molar-refractivity contribution in [2.75, 3.05) is 0 Å². The highest BCUT2D eigenvalue weighted by Gasteiger charge is 2.25. The van der Waals surface area contributed by atoms with E-state index in [1.54, 1.807) is 0 Å². The van der Waals surface area contributed by atoms with E-state index in [0.717, 1.165) is 30.7 Å². The molecule has 1 aliphatic rings. The van der Waals surface area contributed by atoms with E-state index in [0.29, 0.717) is 18.1 Å². The summed E-state index contributed by atoms with van der Waals surface area (Å²) in [6.45, 7) is 4.36. The molecule has 0 saturated heterocycles. The second-order valence-corrected chi connectivity index (χ2v) is 5.72. The van der Waals surface area contributed by atoms with E-state index in [4.69, 9.17) is 0 Å². The number of hydrogen-bond acceptors (Lipinski definition) is 2. The molecule has 0 amide bonds. The van der Waals surface area contributed by atoms with Gasteiger partial charge in [0.05, 0.1) is 5.69 Å². The Kier molecular flexibility index (Phi) is 4.20. The molecule has 2 rings (SSSR count). The number of rotatable bonds is 4. The van der Waals surface area contributed by atoms with Crippen LogP contribution in [0.1, 0.15) is 50.9 Å². The van der Waals surface area contributed by atoms with Gasteiger partial charge in [0.2, 0.25) is 0 Å². The molecule has 100 valence electrons. The van der Waals surface area contributed by atoms with Crippen LogP contribution in [0.3, 0.4) is 0 Å². The molecule has 2 atom stereocenters. The van der Waals surface area contributed by atoms with Crippen LogP contribution in [-0.4, -0.2) is 15.6 Å². The van der Waals surface area contributed by atoms with E-state index in [-0.39, 0.29) is 5.92 Å². The van der Waals surface area contributed by atoms with Crippen molar-refractivity contribution < 1.29 is 4.79 Å². The van der Waals surface area contributed by atoms with Crippen LogP contribution >= 0.6 is 0 Å². The van der Waals surface area contributed by atoms with Gasteiger partial charge in [-0.05, 0) is 31.2 Å². The number of ketones is 1. The van der Waals surface area contributed by atoms with Crippen molar-refractivity contribution in [2.45, 2.75) is 52.4 Å². The maximum atomic E-state index is 12.3. The Bertz CT molecular complexity index is 422. The van der Waals surface area contributed by atoms with Crippen LogP contribution < -0.4 is 0 Å². The topological polar surface area (TPSA) is 34.9 Å². The molecule has 3 nitrogen and oxygen atoms in total. The summed E-state index contributed by atoms with van der Waals surface area (Å²) in [5.74, 6) is 1.41. The molecule has 1 fully saturated rings. The Labute approximate surface area is 110 Å². The average molecular weight is 248 g/mol. The van der Waals surface area contributed by atoms with Crippen molar-refractivity contribution in [3.63, 3.8) is 0 Å². The van der Waals surface area contributed by atoms with Gasteiger partial charge in [-0.2, -0.15) is 5.10 Å². The van der Waals surface area contributed by atoms with Crippen molar-refractivity contribution in [1.29, 1.82) is 0 Å². The predicted octanol–water partition coefficient (Wildman–Crippen LogP) is 2.92. The molecule has 1 aliphatic carbocycles. The number of Topliss-reactive ketones (excluding diaryl/α,β-unsaturated/α-hetero) is 1. The molecule has 1 aromatic rings. The molecular formula is C15H24N2O. The summed E-state index contributed by atoms with van der Waals surface area (Å²) in [7, 11) is 1.94. The fraction of sp³-hybridized carbons (Fsp3) is 0.733. The number of nitrogens with zero attached hydrogens (tertiary/aromatic N) is 2. The number of aryl methyl sites for hydroxylation is 2. The van der Waals surface area contributed by atoms with Crippen LogP contribution in [0.2, 0.25) is 0 Å².